The van der Waals surface area contributed by atoms with Gasteiger partial charge in [0.2, 0.25) is 21.8 Å². The molecule has 236 valence electrons. The molecule has 0 saturated carbocycles. The van der Waals surface area contributed by atoms with E-state index in [2.05, 4.69) is 14.7 Å². The lowest BCUT2D eigenvalue weighted by Gasteiger charge is -2.13. The van der Waals surface area contributed by atoms with Crippen LogP contribution in [0.3, 0.4) is 0 Å². The monoisotopic (exact) mass is 639 g/mol. The van der Waals surface area contributed by atoms with Crippen LogP contribution < -0.4 is 18.9 Å². The number of carbonyl (C=O) groups excluding carboxylic acids is 1. The number of sulfonamides is 1. The van der Waals surface area contributed by atoms with Crippen LogP contribution >= 0.6 is 0 Å². The van der Waals surface area contributed by atoms with Crippen molar-refractivity contribution < 1.29 is 41.3 Å². The standard InChI is InChI=1S/C32H31F2N3O7S/c1-4-42-30-22-10-8-14-35-27(22)26-25(29(30)39)28(36-31(26)43-5-2)21-13-12-19(15-18(21)3)17-45(40,41)37-24(38)16-20-9-6-7-11-23(20)44-32(33)34/h6-15,32,36,39H,4-5,16-17H2,1-3H3,(H,37,38). The van der Waals surface area contributed by atoms with Gasteiger partial charge in [0.1, 0.15) is 5.75 Å². The summed E-state index contributed by atoms with van der Waals surface area (Å²) in [6.07, 6.45) is 1.17. The van der Waals surface area contributed by atoms with E-state index in [9.17, 15) is 27.1 Å². The number of amides is 1. The van der Waals surface area contributed by atoms with Crippen molar-refractivity contribution >= 4 is 37.6 Å². The van der Waals surface area contributed by atoms with Crippen molar-refractivity contribution in [1.82, 2.24) is 14.7 Å². The molecule has 0 spiro atoms. The van der Waals surface area contributed by atoms with Gasteiger partial charge in [-0.25, -0.2) is 8.42 Å². The number of aromatic amines is 1. The van der Waals surface area contributed by atoms with Crippen molar-refractivity contribution in [3.8, 4) is 34.4 Å². The summed E-state index contributed by atoms with van der Waals surface area (Å²) in [4.78, 5) is 20.4. The van der Waals surface area contributed by atoms with Gasteiger partial charge in [-0.2, -0.15) is 8.78 Å². The Kier molecular flexibility index (Phi) is 9.09. The number of phenolic OH excluding ortho intramolecular Hbond substituents is 1. The second-order valence-corrected chi connectivity index (χ2v) is 11.8. The number of aryl methyl sites for hydroxylation is 1. The molecule has 0 aliphatic carbocycles. The quantitative estimate of drug-likeness (QED) is 0.151. The molecule has 3 N–H and O–H groups in total. The summed E-state index contributed by atoms with van der Waals surface area (Å²) >= 11 is 0. The number of hydrogen-bond acceptors (Lipinski definition) is 8. The van der Waals surface area contributed by atoms with E-state index in [1.807, 2.05) is 24.6 Å². The highest BCUT2D eigenvalue weighted by atomic mass is 32.2. The highest BCUT2D eigenvalue weighted by molar-refractivity contribution is 7.89. The van der Waals surface area contributed by atoms with E-state index in [0.717, 1.165) is 0 Å². The first kappa shape index (κ1) is 31.5. The van der Waals surface area contributed by atoms with E-state index in [4.69, 9.17) is 9.47 Å². The van der Waals surface area contributed by atoms with Crippen LogP contribution in [0.15, 0.2) is 60.8 Å². The minimum atomic E-state index is -4.15. The van der Waals surface area contributed by atoms with Crippen molar-refractivity contribution in [3.05, 3.63) is 77.5 Å². The van der Waals surface area contributed by atoms with Gasteiger partial charge in [-0.15, -0.1) is 0 Å². The van der Waals surface area contributed by atoms with Gasteiger partial charge in [0.05, 0.1) is 47.4 Å². The summed E-state index contributed by atoms with van der Waals surface area (Å²) < 4.78 is 69.4. The van der Waals surface area contributed by atoms with Crippen LogP contribution in [-0.2, 0) is 27.0 Å². The van der Waals surface area contributed by atoms with Gasteiger partial charge < -0.3 is 24.3 Å². The van der Waals surface area contributed by atoms with Gasteiger partial charge in [-0.3, -0.25) is 14.5 Å². The van der Waals surface area contributed by atoms with Gasteiger partial charge in [-0.05, 0) is 50.1 Å². The van der Waals surface area contributed by atoms with Gasteiger partial charge in [0.15, 0.2) is 11.5 Å². The van der Waals surface area contributed by atoms with Crippen LogP contribution in [0.5, 0.6) is 23.1 Å². The van der Waals surface area contributed by atoms with E-state index >= 15 is 0 Å². The number of nitrogens with zero attached hydrogens (tertiary/aromatic N) is 1. The number of benzene rings is 3. The number of H-pyrrole nitrogens is 1. The predicted octanol–water partition coefficient (Wildman–Crippen LogP) is 5.98. The molecule has 13 heteroatoms. The molecule has 5 aromatic rings. The van der Waals surface area contributed by atoms with Crippen molar-refractivity contribution in [2.24, 2.45) is 0 Å². The summed E-state index contributed by atoms with van der Waals surface area (Å²) in [7, 11) is -4.15. The fourth-order valence-corrected chi connectivity index (χ4v) is 6.42. The largest absolute Gasteiger partial charge is 0.504 e. The molecule has 2 heterocycles. The van der Waals surface area contributed by atoms with Crippen molar-refractivity contribution in [3.63, 3.8) is 0 Å². The molecule has 0 bridgehead atoms. The topological polar surface area (TPSA) is 140 Å². The number of aromatic nitrogens is 2. The Hall–Kier alpha value is -4.91. The minimum Gasteiger partial charge on any atom is -0.504 e. The molecule has 0 atom stereocenters. The van der Waals surface area contributed by atoms with Crippen molar-refractivity contribution in [2.45, 2.75) is 39.6 Å². The molecule has 0 aliphatic heterocycles. The second-order valence-electron chi connectivity index (χ2n) is 10.1. The zero-order valence-corrected chi connectivity index (χ0v) is 25.5. The molecule has 0 unspecified atom stereocenters. The lowest BCUT2D eigenvalue weighted by Crippen LogP contribution is -2.33. The first-order chi connectivity index (χ1) is 21.5. The Morgan fingerprint density at radius 3 is 2.51 bits per heavy atom. The lowest BCUT2D eigenvalue weighted by atomic mass is 9.98. The third kappa shape index (κ3) is 6.63. The van der Waals surface area contributed by atoms with Gasteiger partial charge in [-0.1, -0.05) is 36.4 Å². The molecule has 5 rings (SSSR count). The summed E-state index contributed by atoms with van der Waals surface area (Å²) in [5.41, 5.74) is 2.97. The third-order valence-corrected chi connectivity index (χ3v) is 8.26. The normalized spacial score (nSPS) is 11.7. The Labute approximate surface area is 258 Å². The molecular formula is C32H31F2N3O7S. The number of aromatic hydroxyl groups is 1. The zero-order valence-electron chi connectivity index (χ0n) is 24.7. The molecular weight excluding hydrogens is 608 g/mol. The van der Waals surface area contributed by atoms with E-state index in [-0.39, 0.29) is 22.8 Å². The number of rotatable bonds is 12. The molecule has 3 aromatic carbocycles. The van der Waals surface area contributed by atoms with Gasteiger partial charge >= 0.3 is 6.61 Å². The first-order valence-electron chi connectivity index (χ1n) is 14.1. The number of pyridine rings is 1. The zero-order chi connectivity index (χ0) is 32.3. The average Bonchev–Trinajstić information content (AvgIpc) is 3.35. The van der Waals surface area contributed by atoms with Crippen LogP contribution in [0.1, 0.15) is 30.5 Å². The first-order valence-corrected chi connectivity index (χ1v) is 15.7. The highest BCUT2D eigenvalue weighted by Gasteiger charge is 2.26. The summed E-state index contributed by atoms with van der Waals surface area (Å²) in [5.74, 6) is -0.998. The molecule has 0 fully saturated rings. The molecule has 0 radical (unpaired) electrons. The number of ether oxygens (including phenoxy) is 3. The molecule has 0 saturated heterocycles. The lowest BCUT2D eigenvalue weighted by molar-refractivity contribution is -0.118. The Morgan fingerprint density at radius 2 is 1.80 bits per heavy atom. The van der Waals surface area contributed by atoms with E-state index in [0.29, 0.717) is 63.2 Å². The number of alkyl halides is 2. The van der Waals surface area contributed by atoms with Crippen molar-refractivity contribution in [1.29, 1.82) is 0 Å². The highest BCUT2D eigenvalue weighted by Crippen LogP contribution is 2.49. The molecule has 0 aliphatic rings. The fraction of sp³-hybridized carbons (Fsp3) is 0.250. The number of para-hydroxylation sites is 1. The van der Waals surface area contributed by atoms with Crippen molar-refractivity contribution in [2.75, 3.05) is 13.2 Å². The van der Waals surface area contributed by atoms with Crippen LogP contribution in [-0.4, -0.2) is 49.2 Å². The smallest absolute Gasteiger partial charge is 0.387 e. The molecule has 45 heavy (non-hydrogen) atoms. The average molecular weight is 640 g/mol. The molecule has 10 nitrogen and oxygen atoms in total. The predicted molar refractivity (Wildman–Crippen MR) is 165 cm³/mol. The number of fused-ring (bicyclic) bond motifs is 3. The third-order valence-electron chi connectivity index (χ3n) is 7.01. The Bertz CT molecular complexity index is 1990. The Morgan fingerprint density at radius 1 is 1.04 bits per heavy atom. The van der Waals surface area contributed by atoms with Gasteiger partial charge in [0.25, 0.3) is 0 Å². The second kappa shape index (κ2) is 13.0. The maximum atomic E-state index is 12.9. The summed E-state index contributed by atoms with van der Waals surface area (Å²) in [6, 6.07) is 14.2. The van der Waals surface area contributed by atoms with E-state index in [1.54, 1.807) is 37.4 Å². The number of hydrogen-bond donors (Lipinski definition) is 3. The summed E-state index contributed by atoms with van der Waals surface area (Å²) in [5, 5.41) is 13.1. The van der Waals surface area contributed by atoms with Crippen LogP contribution in [0.2, 0.25) is 0 Å². The molecule has 2 aromatic heterocycles. The fourth-order valence-electron chi connectivity index (χ4n) is 5.31. The maximum absolute atomic E-state index is 12.9. The van der Waals surface area contributed by atoms with Gasteiger partial charge in [0, 0.05) is 22.7 Å². The van der Waals surface area contributed by atoms with E-state index < -0.39 is 34.7 Å². The van der Waals surface area contributed by atoms with Crippen LogP contribution in [0.4, 0.5) is 8.78 Å². The number of nitrogens with one attached hydrogen (secondary N) is 2. The maximum Gasteiger partial charge on any atom is 0.387 e. The number of halogens is 2. The summed E-state index contributed by atoms with van der Waals surface area (Å²) in [6.45, 7) is 3.02. The SMILES string of the molecule is CCOc1c(O)c2c(-c3ccc(CS(=O)(=O)NC(=O)Cc4ccccc4OC(F)F)cc3C)[nH]c(OCC)c2c2ncccc12. The number of carbonyl (C=O) groups is 1. The van der Waals surface area contributed by atoms with Crippen LogP contribution in [0.25, 0.3) is 32.9 Å². The number of phenols is 1. The molecule has 1 amide bonds. The minimum absolute atomic E-state index is 0.0844. The van der Waals surface area contributed by atoms with E-state index in [1.165, 1.54) is 24.3 Å². The Balaban J connectivity index is 1.45. The van der Waals surface area contributed by atoms with Crippen LogP contribution in [0, 0.1) is 6.92 Å².